The number of hydrogen-bond donors (Lipinski definition) is 1. The van der Waals surface area contributed by atoms with Gasteiger partial charge >= 0.3 is 0 Å². The van der Waals surface area contributed by atoms with Gasteiger partial charge in [0.15, 0.2) is 0 Å². The third-order valence-corrected chi connectivity index (χ3v) is 4.43. The molecule has 0 aromatic carbocycles. The van der Waals surface area contributed by atoms with Gasteiger partial charge in [0.05, 0.1) is 12.1 Å². The van der Waals surface area contributed by atoms with Crippen molar-refractivity contribution in [2.75, 3.05) is 6.54 Å². The van der Waals surface area contributed by atoms with Crippen LogP contribution in [0.25, 0.3) is 0 Å². The van der Waals surface area contributed by atoms with Crippen LogP contribution < -0.4 is 5.32 Å². The molecule has 3 nitrogen and oxygen atoms in total. The van der Waals surface area contributed by atoms with Crippen LogP contribution in [0.4, 0.5) is 0 Å². The smallest absolute Gasteiger partial charge is 0.0794 e. The van der Waals surface area contributed by atoms with Gasteiger partial charge in [-0.25, -0.2) is 0 Å². The molecule has 0 spiro atoms. The molecule has 0 aliphatic heterocycles. The summed E-state index contributed by atoms with van der Waals surface area (Å²) in [6.07, 6.45) is 10.4. The number of hydrogen-bond acceptors (Lipinski definition) is 3. The molecular formula is C15H21N3S. The first-order valence-electron chi connectivity index (χ1n) is 7.13. The van der Waals surface area contributed by atoms with E-state index in [0.29, 0.717) is 6.04 Å². The third kappa shape index (κ3) is 3.25. The van der Waals surface area contributed by atoms with Gasteiger partial charge in [-0.15, -0.1) is 11.3 Å². The van der Waals surface area contributed by atoms with Gasteiger partial charge in [-0.3, -0.25) is 4.98 Å². The predicted molar refractivity (Wildman–Crippen MR) is 79.4 cm³/mol. The second-order valence-corrected chi connectivity index (χ2v) is 6.33. The lowest BCUT2D eigenvalue weighted by Crippen LogP contribution is -2.23. The van der Waals surface area contributed by atoms with Crippen molar-refractivity contribution in [3.63, 3.8) is 0 Å². The molecule has 1 aliphatic rings. The van der Waals surface area contributed by atoms with E-state index >= 15 is 0 Å². The lowest BCUT2D eigenvalue weighted by molar-refractivity contribution is 0.480. The summed E-state index contributed by atoms with van der Waals surface area (Å²) in [5, 5.41) is 3.70. The van der Waals surface area contributed by atoms with Gasteiger partial charge in [0.1, 0.15) is 0 Å². The Balaban J connectivity index is 1.68. The van der Waals surface area contributed by atoms with E-state index < -0.39 is 0 Å². The number of thiazole rings is 1. The molecule has 1 fully saturated rings. The zero-order chi connectivity index (χ0) is 13.1. The van der Waals surface area contributed by atoms with Crippen LogP contribution >= 0.6 is 11.3 Å². The third-order valence-electron chi connectivity index (χ3n) is 3.66. The second-order valence-electron chi connectivity index (χ2n) is 5.35. The quantitative estimate of drug-likeness (QED) is 0.839. The Labute approximate surface area is 118 Å². The maximum absolute atomic E-state index is 4.13. The van der Waals surface area contributed by atoms with Crippen molar-refractivity contribution in [3.8, 4) is 0 Å². The molecule has 2 heterocycles. The predicted octanol–water partition coefficient (Wildman–Crippen LogP) is 3.44. The highest BCUT2D eigenvalue weighted by Crippen LogP contribution is 2.41. The zero-order valence-corrected chi connectivity index (χ0v) is 12.2. The highest BCUT2D eigenvalue weighted by molar-refractivity contribution is 7.09. The second kappa shape index (κ2) is 5.88. The number of rotatable bonds is 7. The molecule has 0 radical (unpaired) electrons. The SMILES string of the molecule is CCCNC(c1ccn(Cc2cncs2)c1)C1CC1. The fraction of sp³-hybridized carbons (Fsp3) is 0.533. The highest BCUT2D eigenvalue weighted by atomic mass is 32.1. The van der Waals surface area contributed by atoms with Crippen molar-refractivity contribution in [1.29, 1.82) is 0 Å². The molecule has 0 saturated heterocycles. The lowest BCUT2D eigenvalue weighted by atomic mass is 10.1. The monoisotopic (exact) mass is 275 g/mol. The molecule has 0 bridgehead atoms. The molecule has 1 aliphatic carbocycles. The van der Waals surface area contributed by atoms with Crippen molar-refractivity contribution in [3.05, 3.63) is 40.6 Å². The molecule has 0 amide bonds. The minimum atomic E-state index is 0.558. The Hall–Kier alpha value is -1.13. The van der Waals surface area contributed by atoms with Gasteiger partial charge < -0.3 is 9.88 Å². The zero-order valence-electron chi connectivity index (χ0n) is 11.4. The molecule has 1 saturated carbocycles. The van der Waals surface area contributed by atoms with E-state index in [1.165, 1.54) is 29.7 Å². The molecule has 2 aromatic rings. The Morgan fingerprint density at radius 1 is 1.53 bits per heavy atom. The van der Waals surface area contributed by atoms with Crippen LogP contribution in [0.3, 0.4) is 0 Å². The van der Waals surface area contributed by atoms with Crippen LogP contribution in [-0.4, -0.2) is 16.1 Å². The van der Waals surface area contributed by atoms with Crippen molar-refractivity contribution in [2.45, 2.75) is 38.8 Å². The first-order chi connectivity index (χ1) is 9.36. The summed E-state index contributed by atoms with van der Waals surface area (Å²) < 4.78 is 2.27. The number of aromatic nitrogens is 2. The Kier molecular flexibility index (Phi) is 3.99. The maximum Gasteiger partial charge on any atom is 0.0794 e. The maximum atomic E-state index is 4.13. The van der Waals surface area contributed by atoms with Crippen LogP contribution in [-0.2, 0) is 6.54 Å². The highest BCUT2D eigenvalue weighted by Gasteiger charge is 2.32. The average Bonchev–Trinajstić information content (AvgIpc) is 2.93. The van der Waals surface area contributed by atoms with Gasteiger partial charge in [0.25, 0.3) is 0 Å². The van der Waals surface area contributed by atoms with E-state index in [2.05, 4.69) is 40.3 Å². The van der Waals surface area contributed by atoms with E-state index in [1.807, 2.05) is 11.7 Å². The summed E-state index contributed by atoms with van der Waals surface area (Å²) in [4.78, 5) is 5.44. The molecule has 19 heavy (non-hydrogen) atoms. The summed E-state index contributed by atoms with van der Waals surface area (Å²) in [7, 11) is 0. The molecule has 1 N–H and O–H groups in total. The van der Waals surface area contributed by atoms with Crippen LogP contribution in [0.2, 0.25) is 0 Å². The normalized spacial score (nSPS) is 16.7. The van der Waals surface area contributed by atoms with E-state index in [9.17, 15) is 0 Å². The van der Waals surface area contributed by atoms with Crippen LogP contribution in [0.15, 0.2) is 30.2 Å². The van der Waals surface area contributed by atoms with Crippen molar-refractivity contribution in [2.24, 2.45) is 5.92 Å². The first kappa shape index (κ1) is 12.9. The largest absolute Gasteiger partial charge is 0.349 e. The van der Waals surface area contributed by atoms with Gasteiger partial charge in [0.2, 0.25) is 0 Å². The van der Waals surface area contributed by atoms with E-state index in [-0.39, 0.29) is 0 Å². The van der Waals surface area contributed by atoms with Crippen LogP contribution in [0.5, 0.6) is 0 Å². The first-order valence-corrected chi connectivity index (χ1v) is 8.01. The molecular weight excluding hydrogens is 254 g/mol. The number of nitrogens with zero attached hydrogens (tertiary/aromatic N) is 2. The minimum Gasteiger partial charge on any atom is -0.349 e. The summed E-state index contributed by atoms with van der Waals surface area (Å²) in [5.41, 5.74) is 3.34. The molecule has 2 aromatic heterocycles. The Morgan fingerprint density at radius 2 is 2.42 bits per heavy atom. The molecule has 1 unspecified atom stereocenters. The Morgan fingerprint density at radius 3 is 3.11 bits per heavy atom. The summed E-state index contributed by atoms with van der Waals surface area (Å²) >= 11 is 1.72. The molecule has 3 rings (SSSR count). The van der Waals surface area contributed by atoms with E-state index in [1.54, 1.807) is 11.3 Å². The van der Waals surface area contributed by atoms with Gasteiger partial charge in [-0.1, -0.05) is 6.92 Å². The topological polar surface area (TPSA) is 29.9 Å². The van der Waals surface area contributed by atoms with Gasteiger partial charge in [-0.05, 0) is 43.4 Å². The van der Waals surface area contributed by atoms with E-state index in [4.69, 9.17) is 0 Å². The molecule has 102 valence electrons. The van der Waals surface area contributed by atoms with E-state index in [0.717, 1.165) is 19.0 Å². The standard InChI is InChI=1S/C15H21N3S/c1-2-6-17-15(12-3-4-12)13-5-7-18(9-13)10-14-8-16-11-19-14/h5,7-9,11-12,15,17H,2-4,6,10H2,1H3. The van der Waals surface area contributed by atoms with Crippen LogP contribution in [0, 0.1) is 5.92 Å². The molecule has 4 heteroatoms. The fourth-order valence-electron chi connectivity index (χ4n) is 2.53. The van der Waals surface area contributed by atoms with Crippen molar-refractivity contribution in [1.82, 2.24) is 14.9 Å². The van der Waals surface area contributed by atoms with Crippen molar-refractivity contribution < 1.29 is 0 Å². The van der Waals surface area contributed by atoms with Gasteiger partial charge in [0, 0.05) is 29.5 Å². The Bertz CT molecular complexity index is 499. The molecule has 1 atom stereocenters. The summed E-state index contributed by atoms with van der Waals surface area (Å²) in [6.45, 7) is 4.28. The van der Waals surface area contributed by atoms with Gasteiger partial charge in [-0.2, -0.15) is 0 Å². The van der Waals surface area contributed by atoms with Crippen molar-refractivity contribution >= 4 is 11.3 Å². The average molecular weight is 275 g/mol. The summed E-state index contributed by atoms with van der Waals surface area (Å²) in [6, 6.07) is 2.83. The lowest BCUT2D eigenvalue weighted by Gasteiger charge is -2.16. The van der Waals surface area contributed by atoms with Crippen LogP contribution in [0.1, 0.15) is 42.7 Å². The fourth-order valence-corrected chi connectivity index (χ4v) is 3.13. The summed E-state index contributed by atoms with van der Waals surface area (Å²) in [5.74, 6) is 0.853. The number of nitrogens with one attached hydrogen (secondary N) is 1. The minimum absolute atomic E-state index is 0.558.